The molecule has 1 atom stereocenters. The number of anilines is 3. The van der Waals surface area contributed by atoms with Crippen LogP contribution in [0.2, 0.25) is 10.0 Å². The van der Waals surface area contributed by atoms with E-state index < -0.39 is 56.4 Å². The summed E-state index contributed by atoms with van der Waals surface area (Å²) in [5.74, 6) is -2.89. The van der Waals surface area contributed by atoms with Crippen molar-refractivity contribution in [1.29, 1.82) is 0 Å². The maximum absolute atomic E-state index is 14.6. The number of rotatable bonds is 28. The summed E-state index contributed by atoms with van der Waals surface area (Å²) in [6.07, 6.45) is 14.8. The van der Waals surface area contributed by atoms with Gasteiger partial charge in [0.2, 0.25) is 16.1 Å². The van der Waals surface area contributed by atoms with Gasteiger partial charge in [0.15, 0.2) is 6.61 Å². The first-order valence-corrected chi connectivity index (χ1v) is 28.2. The van der Waals surface area contributed by atoms with Crippen LogP contribution in [0.3, 0.4) is 0 Å². The first kappa shape index (κ1) is 55.7. The molecule has 0 bridgehead atoms. The summed E-state index contributed by atoms with van der Waals surface area (Å²) < 4.78 is 70.7. The highest BCUT2D eigenvalue weighted by atomic mass is 35.5. The summed E-state index contributed by atoms with van der Waals surface area (Å²) in [6.45, 7) is 6.21. The van der Waals surface area contributed by atoms with E-state index in [2.05, 4.69) is 32.0 Å². The van der Waals surface area contributed by atoms with Crippen molar-refractivity contribution in [1.82, 2.24) is 19.7 Å². The molecule has 6 rings (SSSR count). The van der Waals surface area contributed by atoms with Crippen LogP contribution in [0.1, 0.15) is 126 Å². The molecule has 2 amide bonds. The van der Waals surface area contributed by atoms with Gasteiger partial charge in [-0.2, -0.15) is 0 Å². The molecule has 0 aliphatic carbocycles. The van der Waals surface area contributed by atoms with Crippen LogP contribution in [-0.4, -0.2) is 81.9 Å². The van der Waals surface area contributed by atoms with Gasteiger partial charge in [0, 0.05) is 18.8 Å². The van der Waals surface area contributed by atoms with Crippen molar-refractivity contribution >= 4 is 95.1 Å². The van der Waals surface area contributed by atoms with E-state index in [4.69, 9.17) is 32.7 Å². The number of carbonyl (C=O) groups excluding carboxylic acids is 4. The number of unbranched alkanes of at least 4 members (excludes halogenated alkanes) is 11. The molecule has 0 radical (unpaired) electrons. The molecule has 1 aromatic heterocycles. The van der Waals surface area contributed by atoms with E-state index in [0.717, 1.165) is 41.6 Å². The molecule has 388 valence electrons. The van der Waals surface area contributed by atoms with Crippen molar-refractivity contribution in [2.24, 2.45) is 5.92 Å². The van der Waals surface area contributed by atoms with E-state index in [-0.39, 0.29) is 67.5 Å². The lowest BCUT2D eigenvalue weighted by Crippen LogP contribution is -2.42. The second-order valence-electron chi connectivity index (χ2n) is 18.2. The van der Waals surface area contributed by atoms with Crippen LogP contribution in [0.4, 0.5) is 17.1 Å². The normalized spacial score (nSPS) is 13.0. The first-order valence-electron chi connectivity index (χ1n) is 24.5. The Balaban J connectivity index is 1.14. The Morgan fingerprint density at radius 3 is 2.04 bits per heavy atom. The predicted octanol–water partition coefficient (Wildman–Crippen LogP) is 10.0. The molecule has 0 saturated heterocycles. The molecule has 1 aliphatic heterocycles. The largest absolute Gasteiger partial charge is 0.463 e. The highest BCUT2D eigenvalue weighted by Crippen LogP contribution is 2.34. The highest BCUT2D eigenvalue weighted by Gasteiger charge is 2.38. The van der Waals surface area contributed by atoms with Gasteiger partial charge < -0.3 is 19.7 Å². The van der Waals surface area contributed by atoms with Gasteiger partial charge in [-0.05, 0) is 91.4 Å². The van der Waals surface area contributed by atoms with Gasteiger partial charge in [0.25, 0.3) is 21.8 Å². The molecule has 3 N–H and O–H groups in total. The van der Waals surface area contributed by atoms with Gasteiger partial charge in [-0.1, -0.05) is 138 Å². The van der Waals surface area contributed by atoms with E-state index in [1.807, 2.05) is 26.0 Å². The van der Waals surface area contributed by atoms with Crippen molar-refractivity contribution in [3.63, 3.8) is 0 Å². The van der Waals surface area contributed by atoms with Crippen LogP contribution in [0.5, 0.6) is 0 Å². The Morgan fingerprint density at radius 2 is 1.36 bits per heavy atom. The number of esters is 2. The van der Waals surface area contributed by atoms with E-state index in [0.29, 0.717) is 30.9 Å². The average molecular weight is 1070 g/mol. The van der Waals surface area contributed by atoms with E-state index in [1.54, 1.807) is 12.1 Å². The molecular weight excluding hydrogens is 1010 g/mol. The van der Waals surface area contributed by atoms with Gasteiger partial charge in [-0.25, -0.2) is 35.8 Å². The summed E-state index contributed by atoms with van der Waals surface area (Å²) in [7, 11) is -8.56. The number of hydrogen-bond donors (Lipinski definition) is 3. The average Bonchev–Trinajstić information content (AvgIpc) is 3.98. The fourth-order valence-corrected chi connectivity index (χ4v) is 10.7. The molecule has 21 heteroatoms. The highest BCUT2D eigenvalue weighted by molar-refractivity contribution is 7.92. The summed E-state index contributed by atoms with van der Waals surface area (Å²) in [5, 5.41) is 10.8. The molecule has 1 aliphatic rings. The lowest BCUT2D eigenvalue weighted by atomic mass is 10.1. The molecule has 4 aromatic carbocycles. The molecule has 2 heterocycles. The maximum Gasteiger partial charge on any atom is 0.344 e. The second kappa shape index (κ2) is 26.4. The first-order chi connectivity index (χ1) is 34.5. The molecule has 1 unspecified atom stereocenters. The third kappa shape index (κ3) is 15.2. The Hall–Kier alpha value is -5.60. The smallest absolute Gasteiger partial charge is 0.344 e. The number of nitrogens with zero attached hydrogens (tertiary/aromatic N) is 4. The van der Waals surface area contributed by atoms with Crippen LogP contribution in [0.25, 0.3) is 11.0 Å². The van der Waals surface area contributed by atoms with Crippen LogP contribution in [0, 0.1) is 5.92 Å². The molecule has 5 aromatic rings. The Labute approximate surface area is 431 Å². The van der Waals surface area contributed by atoms with Crippen LogP contribution in [-0.2, 0) is 50.3 Å². The van der Waals surface area contributed by atoms with E-state index in [9.17, 15) is 36.0 Å². The third-order valence-electron chi connectivity index (χ3n) is 12.2. The summed E-state index contributed by atoms with van der Waals surface area (Å²) >= 11 is 13.0. The monoisotopic (exact) mass is 1070 g/mol. The fraction of sp³-hybridized carbons (Fsp3) is 0.451. The topological polar surface area (TPSA) is 225 Å². The predicted molar refractivity (Wildman–Crippen MR) is 278 cm³/mol. The van der Waals surface area contributed by atoms with Crippen molar-refractivity contribution < 1.29 is 45.5 Å². The summed E-state index contributed by atoms with van der Waals surface area (Å²) in [6, 6.07) is 16.8. The molecule has 17 nitrogen and oxygen atoms in total. The van der Waals surface area contributed by atoms with E-state index >= 15 is 0 Å². The number of fused-ring (bicyclic) bond motifs is 2. The third-order valence-corrected chi connectivity index (χ3v) is 15.7. The Kier molecular flexibility index (Phi) is 20.4. The number of carbonyl (C=O) groups is 4. The minimum absolute atomic E-state index is 0.0140. The number of nitrogens with one attached hydrogen (secondary N) is 3. The zero-order valence-electron chi connectivity index (χ0n) is 40.8. The van der Waals surface area contributed by atoms with Crippen molar-refractivity contribution in [2.75, 3.05) is 41.2 Å². The quantitative estimate of drug-likeness (QED) is 0.0242. The minimum Gasteiger partial charge on any atom is -0.463 e. The maximum atomic E-state index is 14.6. The summed E-state index contributed by atoms with van der Waals surface area (Å²) in [4.78, 5) is 55.0. The number of para-hydroxylation sites is 1. The van der Waals surface area contributed by atoms with Gasteiger partial charge in [0.1, 0.15) is 5.52 Å². The van der Waals surface area contributed by atoms with Crippen LogP contribution < -0.4 is 19.7 Å². The molecule has 0 fully saturated rings. The van der Waals surface area contributed by atoms with Gasteiger partial charge in [-0.3, -0.25) is 14.3 Å². The molecule has 72 heavy (non-hydrogen) atoms. The summed E-state index contributed by atoms with van der Waals surface area (Å²) in [5.41, 5.74) is 1.36. The van der Waals surface area contributed by atoms with Crippen molar-refractivity contribution in [3.8, 4) is 0 Å². The van der Waals surface area contributed by atoms with Gasteiger partial charge in [-0.15, -0.1) is 5.10 Å². The van der Waals surface area contributed by atoms with Crippen LogP contribution >= 0.6 is 23.2 Å². The second-order valence-corrected chi connectivity index (χ2v) is 22.4. The van der Waals surface area contributed by atoms with Crippen LogP contribution in [0.15, 0.2) is 88.7 Å². The SMILES string of the molecule is CCCCCCCCCCCCCCNS(=O)(=O)c1ccc(Cl)c(NS(=O)(=O)c2ccc(Cl)c(NC(=O)C(C(=O)N3CCc4ccccc43)n3nnc4cc(C(=O)OCC(=O)OCCC(C)C)ccc43)c2)c1. The van der Waals surface area contributed by atoms with E-state index in [1.165, 1.54) is 98.7 Å². The van der Waals surface area contributed by atoms with Gasteiger partial charge >= 0.3 is 11.9 Å². The minimum atomic E-state index is -4.52. The number of aromatic nitrogens is 3. The Bertz CT molecular complexity index is 2930. The molecule has 0 saturated carbocycles. The standard InChI is InChI=1S/C51H63Cl2N7O10S2/c1-4-5-6-7-8-9-10-11-12-13-14-17-28-54-71(65,66)38-21-24-41(53)43(33-38)57-72(67,68)39-22-23-40(52)42(32-39)55-49(62)48(50(63)59-29-26-36-18-15-16-19-45(36)59)60-46-25-20-37(31-44(46)56-58-60)51(64)70-34-47(61)69-30-27-35(2)3/h15-16,18-25,31-33,35,48,54,57H,4-14,17,26-30,34H2,1-3H3,(H,55,62). The zero-order valence-corrected chi connectivity index (χ0v) is 44.0. The lowest BCUT2D eigenvalue weighted by molar-refractivity contribution is -0.147. The number of sulfonamides is 2. The zero-order chi connectivity index (χ0) is 51.8. The number of benzene rings is 4. The number of halogens is 2. The van der Waals surface area contributed by atoms with Gasteiger partial charge in [0.05, 0.1) is 48.9 Å². The lowest BCUT2D eigenvalue weighted by Gasteiger charge is -2.24. The van der Waals surface area contributed by atoms with Crippen molar-refractivity contribution in [2.45, 2.75) is 126 Å². The fourth-order valence-electron chi connectivity index (χ4n) is 8.14. The molecular formula is C51H63Cl2N7O10S2. The molecule has 0 spiro atoms. The number of ether oxygens (including phenoxy) is 2. The van der Waals surface area contributed by atoms with Crippen molar-refractivity contribution in [3.05, 3.63) is 100 Å². The Morgan fingerprint density at radius 1 is 0.736 bits per heavy atom. The number of amides is 2. The number of hydrogen-bond acceptors (Lipinski definition) is 12.